The number of nitrogens with zero attached hydrogens (tertiary/aromatic N) is 2. The SMILES string of the molecule is CN(Cc1ccc(OC(F)F)cc1)CC(O)c1ccc(C#N)cc1. The van der Waals surface area contributed by atoms with Crippen LogP contribution in [0, 0.1) is 11.3 Å². The number of rotatable bonds is 7. The monoisotopic (exact) mass is 332 g/mol. The van der Waals surface area contributed by atoms with Crippen LogP contribution in [0.3, 0.4) is 0 Å². The van der Waals surface area contributed by atoms with Gasteiger partial charge >= 0.3 is 6.61 Å². The molecule has 0 amide bonds. The molecule has 0 heterocycles. The van der Waals surface area contributed by atoms with Gasteiger partial charge in [0, 0.05) is 13.1 Å². The Morgan fingerprint density at radius 2 is 1.75 bits per heavy atom. The van der Waals surface area contributed by atoms with Crippen molar-refractivity contribution in [1.29, 1.82) is 5.26 Å². The van der Waals surface area contributed by atoms with Crippen LogP contribution >= 0.6 is 0 Å². The van der Waals surface area contributed by atoms with Crippen molar-refractivity contribution in [1.82, 2.24) is 4.90 Å². The molecule has 2 rings (SSSR count). The zero-order valence-corrected chi connectivity index (χ0v) is 13.2. The molecule has 0 radical (unpaired) electrons. The van der Waals surface area contributed by atoms with Crippen molar-refractivity contribution in [2.75, 3.05) is 13.6 Å². The average Bonchev–Trinajstić information content (AvgIpc) is 2.56. The van der Waals surface area contributed by atoms with Crippen LogP contribution in [-0.4, -0.2) is 30.2 Å². The van der Waals surface area contributed by atoms with Gasteiger partial charge in [0.25, 0.3) is 0 Å². The van der Waals surface area contributed by atoms with Crippen molar-refractivity contribution in [2.24, 2.45) is 0 Å². The van der Waals surface area contributed by atoms with E-state index in [1.54, 1.807) is 36.4 Å². The topological polar surface area (TPSA) is 56.5 Å². The number of ether oxygens (including phenoxy) is 1. The Morgan fingerprint density at radius 3 is 2.29 bits per heavy atom. The molecule has 1 unspecified atom stereocenters. The van der Waals surface area contributed by atoms with Gasteiger partial charge in [0.1, 0.15) is 5.75 Å². The van der Waals surface area contributed by atoms with Gasteiger partial charge in [0.15, 0.2) is 0 Å². The lowest BCUT2D eigenvalue weighted by molar-refractivity contribution is -0.0498. The van der Waals surface area contributed by atoms with E-state index in [-0.39, 0.29) is 5.75 Å². The second-order valence-corrected chi connectivity index (χ2v) is 5.47. The van der Waals surface area contributed by atoms with Crippen molar-refractivity contribution < 1.29 is 18.6 Å². The Morgan fingerprint density at radius 1 is 1.12 bits per heavy atom. The van der Waals surface area contributed by atoms with E-state index in [1.165, 1.54) is 12.1 Å². The fraction of sp³-hybridized carbons (Fsp3) is 0.278. The maximum absolute atomic E-state index is 12.1. The van der Waals surface area contributed by atoms with E-state index < -0.39 is 12.7 Å². The lowest BCUT2D eigenvalue weighted by Crippen LogP contribution is -2.24. The fourth-order valence-electron chi connectivity index (χ4n) is 2.33. The molecule has 0 aromatic heterocycles. The number of hydrogen-bond acceptors (Lipinski definition) is 4. The lowest BCUT2D eigenvalue weighted by atomic mass is 10.1. The van der Waals surface area contributed by atoms with Crippen molar-refractivity contribution in [3.8, 4) is 11.8 Å². The minimum absolute atomic E-state index is 0.119. The van der Waals surface area contributed by atoms with Crippen LogP contribution in [0.2, 0.25) is 0 Å². The number of hydrogen-bond donors (Lipinski definition) is 1. The fourth-order valence-corrected chi connectivity index (χ4v) is 2.33. The minimum Gasteiger partial charge on any atom is -0.435 e. The van der Waals surface area contributed by atoms with Gasteiger partial charge in [-0.25, -0.2) is 0 Å². The Bertz CT molecular complexity index is 682. The van der Waals surface area contributed by atoms with E-state index in [1.807, 2.05) is 18.0 Å². The summed E-state index contributed by atoms with van der Waals surface area (Å²) in [5.41, 5.74) is 2.21. The van der Waals surface area contributed by atoms with Crippen LogP contribution in [0.4, 0.5) is 8.78 Å². The van der Waals surface area contributed by atoms with Gasteiger partial charge in [-0.15, -0.1) is 0 Å². The number of likely N-dealkylation sites (N-methyl/N-ethyl adjacent to an activating group) is 1. The molecule has 1 N–H and O–H groups in total. The highest BCUT2D eigenvalue weighted by atomic mass is 19.3. The molecular weight excluding hydrogens is 314 g/mol. The summed E-state index contributed by atoms with van der Waals surface area (Å²) in [5.74, 6) is 0.119. The summed E-state index contributed by atoms with van der Waals surface area (Å²) in [7, 11) is 1.86. The summed E-state index contributed by atoms with van der Waals surface area (Å²) in [5, 5.41) is 19.0. The molecule has 0 saturated carbocycles. The molecule has 0 aliphatic rings. The zero-order valence-electron chi connectivity index (χ0n) is 13.2. The molecule has 0 aliphatic carbocycles. The van der Waals surface area contributed by atoms with Crippen LogP contribution in [0.5, 0.6) is 5.75 Å². The van der Waals surface area contributed by atoms with Crippen molar-refractivity contribution >= 4 is 0 Å². The van der Waals surface area contributed by atoms with E-state index in [0.717, 1.165) is 11.1 Å². The zero-order chi connectivity index (χ0) is 17.5. The van der Waals surface area contributed by atoms with Crippen LogP contribution in [0.15, 0.2) is 48.5 Å². The van der Waals surface area contributed by atoms with Gasteiger partial charge in [-0.05, 0) is 42.4 Å². The van der Waals surface area contributed by atoms with Gasteiger partial charge in [0.2, 0.25) is 0 Å². The van der Waals surface area contributed by atoms with E-state index in [9.17, 15) is 13.9 Å². The molecule has 6 heteroatoms. The van der Waals surface area contributed by atoms with E-state index in [0.29, 0.717) is 18.7 Å². The minimum atomic E-state index is -2.83. The third-order valence-corrected chi connectivity index (χ3v) is 3.51. The van der Waals surface area contributed by atoms with E-state index in [4.69, 9.17) is 5.26 Å². The summed E-state index contributed by atoms with van der Waals surface area (Å²) in [6.45, 7) is -1.87. The highest BCUT2D eigenvalue weighted by Crippen LogP contribution is 2.18. The maximum atomic E-state index is 12.1. The van der Waals surface area contributed by atoms with Gasteiger partial charge in [-0.1, -0.05) is 24.3 Å². The van der Waals surface area contributed by atoms with Gasteiger partial charge in [-0.2, -0.15) is 14.0 Å². The maximum Gasteiger partial charge on any atom is 0.387 e. The summed E-state index contributed by atoms with van der Waals surface area (Å²) >= 11 is 0. The molecule has 126 valence electrons. The molecule has 0 bridgehead atoms. The Balaban J connectivity index is 1.89. The summed E-state index contributed by atoms with van der Waals surface area (Å²) in [6.07, 6.45) is -0.677. The molecule has 0 aliphatic heterocycles. The largest absolute Gasteiger partial charge is 0.435 e. The molecule has 24 heavy (non-hydrogen) atoms. The predicted molar refractivity (Wildman–Crippen MR) is 85.5 cm³/mol. The second kappa shape index (κ2) is 8.39. The summed E-state index contributed by atoms with van der Waals surface area (Å²) < 4.78 is 28.5. The Hall–Kier alpha value is -2.49. The average molecular weight is 332 g/mol. The number of benzene rings is 2. The number of aliphatic hydroxyl groups is 1. The molecule has 2 aromatic rings. The number of aliphatic hydroxyl groups excluding tert-OH is 1. The number of nitriles is 1. The lowest BCUT2D eigenvalue weighted by Gasteiger charge is -2.21. The normalized spacial score (nSPS) is 12.2. The van der Waals surface area contributed by atoms with Crippen LogP contribution in [0.1, 0.15) is 22.8 Å². The van der Waals surface area contributed by atoms with Gasteiger partial charge in [-0.3, -0.25) is 4.90 Å². The third-order valence-electron chi connectivity index (χ3n) is 3.51. The first-order chi connectivity index (χ1) is 11.5. The smallest absolute Gasteiger partial charge is 0.387 e. The first-order valence-corrected chi connectivity index (χ1v) is 7.38. The quantitative estimate of drug-likeness (QED) is 0.845. The van der Waals surface area contributed by atoms with Crippen molar-refractivity contribution in [3.05, 3.63) is 65.2 Å². The highest BCUT2D eigenvalue weighted by Gasteiger charge is 2.11. The molecule has 0 saturated heterocycles. The molecular formula is C18H18F2N2O2. The van der Waals surface area contributed by atoms with E-state index in [2.05, 4.69) is 4.74 Å². The van der Waals surface area contributed by atoms with Crippen molar-refractivity contribution in [2.45, 2.75) is 19.3 Å². The molecule has 2 aromatic carbocycles. The Kier molecular flexibility index (Phi) is 6.24. The molecule has 0 spiro atoms. The van der Waals surface area contributed by atoms with E-state index >= 15 is 0 Å². The van der Waals surface area contributed by atoms with Crippen molar-refractivity contribution in [3.63, 3.8) is 0 Å². The van der Waals surface area contributed by atoms with Gasteiger partial charge in [0.05, 0.1) is 17.7 Å². The molecule has 4 nitrogen and oxygen atoms in total. The van der Waals surface area contributed by atoms with Crippen LogP contribution in [-0.2, 0) is 6.54 Å². The first kappa shape index (κ1) is 17.9. The number of alkyl halides is 2. The standard InChI is InChI=1S/C18H18F2N2O2/c1-22(11-14-4-8-16(9-5-14)24-18(19)20)12-17(23)15-6-2-13(10-21)3-7-15/h2-9,17-18,23H,11-12H2,1H3. The highest BCUT2D eigenvalue weighted by molar-refractivity contribution is 5.32. The van der Waals surface area contributed by atoms with Crippen LogP contribution < -0.4 is 4.74 Å². The summed E-state index contributed by atoms with van der Waals surface area (Å²) in [6, 6.07) is 15.2. The Labute approximate surface area is 139 Å². The number of halogens is 2. The molecule has 0 fully saturated rings. The summed E-state index contributed by atoms with van der Waals surface area (Å²) in [4.78, 5) is 1.92. The molecule has 1 atom stereocenters. The van der Waals surface area contributed by atoms with Gasteiger partial charge < -0.3 is 9.84 Å². The predicted octanol–water partition coefficient (Wildman–Crippen LogP) is 3.33. The second-order valence-electron chi connectivity index (χ2n) is 5.47. The first-order valence-electron chi connectivity index (χ1n) is 7.38. The third kappa shape index (κ3) is 5.30. The van der Waals surface area contributed by atoms with Crippen LogP contribution in [0.25, 0.3) is 0 Å².